The van der Waals surface area contributed by atoms with E-state index in [1.165, 1.54) is 0 Å². The van der Waals surface area contributed by atoms with Gasteiger partial charge in [0, 0.05) is 13.2 Å². The van der Waals surface area contributed by atoms with E-state index in [0.717, 1.165) is 16.8 Å². The lowest BCUT2D eigenvalue weighted by molar-refractivity contribution is 0.281. The van der Waals surface area contributed by atoms with Gasteiger partial charge in [-0.1, -0.05) is 18.2 Å². The van der Waals surface area contributed by atoms with Crippen molar-refractivity contribution in [1.82, 2.24) is 4.98 Å². The summed E-state index contributed by atoms with van der Waals surface area (Å²) in [6.45, 7) is 7.95. The van der Waals surface area contributed by atoms with Gasteiger partial charge in [0.25, 0.3) is 0 Å². The van der Waals surface area contributed by atoms with Crippen LogP contribution in [0.25, 0.3) is 0 Å². The van der Waals surface area contributed by atoms with Crippen molar-refractivity contribution in [3.8, 4) is 0 Å². The Labute approximate surface area is 108 Å². The van der Waals surface area contributed by atoms with Crippen LogP contribution in [0.1, 0.15) is 19.4 Å². The number of rotatable bonds is 5. The van der Waals surface area contributed by atoms with E-state index in [2.05, 4.69) is 21.9 Å². The van der Waals surface area contributed by atoms with Gasteiger partial charge in [0.1, 0.15) is 5.82 Å². The lowest BCUT2D eigenvalue weighted by Crippen LogP contribution is -2.09. The zero-order chi connectivity index (χ0) is 13.5. The molecule has 0 saturated heterocycles. The molecule has 0 aliphatic carbocycles. The van der Waals surface area contributed by atoms with Crippen molar-refractivity contribution in [3.05, 3.63) is 47.8 Å². The van der Waals surface area contributed by atoms with E-state index in [0.29, 0.717) is 11.5 Å². The minimum Gasteiger partial charge on any atom is -0.392 e. The highest BCUT2D eigenvalue weighted by atomic mass is 16.3. The molecule has 0 unspecified atom stereocenters. The minimum absolute atomic E-state index is 0.00629. The van der Waals surface area contributed by atoms with E-state index < -0.39 is 0 Å². The van der Waals surface area contributed by atoms with Crippen molar-refractivity contribution in [3.63, 3.8) is 0 Å². The first-order valence-electron chi connectivity index (χ1n) is 5.70. The number of aromatic nitrogens is 1. The van der Waals surface area contributed by atoms with E-state index in [1.54, 1.807) is 19.3 Å². The number of nitrogens with one attached hydrogen (secondary N) is 1. The first kappa shape index (κ1) is 14.1. The van der Waals surface area contributed by atoms with Crippen LogP contribution in [0.4, 0.5) is 5.82 Å². The van der Waals surface area contributed by atoms with E-state index in [9.17, 15) is 0 Å². The quantitative estimate of drug-likeness (QED) is 0.784. The molecule has 1 aromatic rings. The maximum Gasteiger partial charge on any atom is 0.130 e. The topological polar surface area (TPSA) is 57.5 Å². The lowest BCUT2D eigenvalue weighted by atomic mass is 10.2. The third-order valence-corrected chi connectivity index (χ3v) is 2.26. The Hall–Kier alpha value is -1.94. The molecule has 0 aromatic carbocycles. The molecule has 4 heteroatoms. The van der Waals surface area contributed by atoms with E-state index in [1.807, 2.05) is 26.0 Å². The summed E-state index contributed by atoms with van der Waals surface area (Å²) >= 11 is 0. The van der Waals surface area contributed by atoms with Crippen LogP contribution in [-0.2, 0) is 6.61 Å². The Bertz CT molecular complexity index is 468. The molecule has 2 N–H and O–H groups in total. The Kier molecular flexibility index (Phi) is 5.27. The van der Waals surface area contributed by atoms with Gasteiger partial charge in [0.05, 0.1) is 18.0 Å². The van der Waals surface area contributed by atoms with Crippen molar-refractivity contribution < 1.29 is 5.11 Å². The second kappa shape index (κ2) is 6.71. The smallest absolute Gasteiger partial charge is 0.130 e. The Morgan fingerprint density at radius 3 is 2.67 bits per heavy atom. The van der Waals surface area contributed by atoms with Crippen LogP contribution >= 0.6 is 0 Å². The Morgan fingerprint density at radius 2 is 2.22 bits per heavy atom. The molecule has 96 valence electrons. The van der Waals surface area contributed by atoms with Crippen molar-refractivity contribution in [2.45, 2.75) is 20.5 Å². The normalized spacial score (nSPS) is 11.0. The minimum atomic E-state index is -0.00629. The third kappa shape index (κ3) is 4.14. The van der Waals surface area contributed by atoms with Gasteiger partial charge in [-0.15, -0.1) is 0 Å². The van der Waals surface area contributed by atoms with Gasteiger partial charge in [0.15, 0.2) is 0 Å². The second-order valence-electron chi connectivity index (χ2n) is 4.14. The molecule has 0 radical (unpaired) electrons. The standard InChI is InChI=1S/C14H19N3O/c1-10(2)7-13(15-4)11(3)17-14-6-5-12(9-18)8-16-14/h5-8,18H,3,9H2,1-2,4H3,(H,16,17). The van der Waals surface area contributed by atoms with Crippen LogP contribution in [-0.4, -0.2) is 22.8 Å². The number of anilines is 1. The number of nitrogens with zero attached hydrogens (tertiary/aromatic N) is 2. The molecular formula is C14H19N3O. The van der Waals surface area contributed by atoms with Gasteiger partial charge in [-0.25, -0.2) is 4.98 Å². The molecular weight excluding hydrogens is 226 g/mol. The van der Waals surface area contributed by atoms with Crippen molar-refractivity contribution >= 4 is 11.5 Å². The molecule has 1 aromatic heterocycles. The fourth-order valence-electron chi connectivity index (χ4n) is 1.37. The fraction of sp³-hybridized carbons (Fsp3) is 0.286. The van der Waals surface area contributed by atoms with Crippen molar-refractivity contribution in [2.24, 2.45) is 4.99 Å². The molecule has 1 heterocycles. The van der Waals surface area contributed by atoms with E-state index >= 15 is 0 Å². The number of allylic oxidation sites excluding steroid dienone is 2. The average molecular weight is 245 g/mol. The number of hydrogen-bond acceptors (Lipinski definition) is 4. The molecule has 0 aliphatic heterocycles. The summed E-state index contributed by atoms with van der Waals surface area (Å²) in [5, 5.41) is 12.0. The van der Waals surface area contributed by atoms with Crippen molar-refractivity contribution in [2.75, 3.05) is 12.4 Å². The molecule has 0 fully saturated rings. The van der Waals surface area contributed by atoms with Gasteiger partial charge in [-0.2, -0.15) is 0 Å². The molecule has 0 aliphatic rings. The van der Waals surface area contributed by atoms with Crippen LogP contribution in [0, 0.1) is 0 Å². The Morgan fingerprint density at radius 1 is 1.50 bits per heavy atom. The number of aliphatic imine (C=N–C) groups is 1. The second-order valence-corrected chi connectivity index (χ2v) is 4.14. The molecule has 0 spiro atoms. The molecule has 1 rings (SSSR count). The summed E-state index contributed by atoms with van der Waals surface area (Å²) in [5.41, 5.74) is 3.42. The van der Waals surface area contributed by atoms with Gasteiger partial charge in [-0.05, 0) is 31.6 Å². The molecule has 18 heavy (non-hydrogen) atoms. The van der Waals surface area contributed by atoms with Crippen LogP contribution in [0.15, 0.2) is 47.2 Å². The third-order valence-electron chi connectivity index (χ3n) is 2.26. The molecule has 0 atom stereocenters. The van der Waals surface area contributed by atoms with Crippen LogP contribution in [0.2, 0.25) is 0 Å². The zero-order valence-corrected chi connectivity index (χ0v) is 11.1. The summed E-state index contributed by atoms with van der Waals surface area (Å²) < 4.78 is 0. The van der Waals surface area contributed by atoms with E-state index in [4.69, 9.17) is 5.11 Å². The summed E-state index contributed by atoms with van der Waals surface area (Å²) in [4.78, 5) is 8.35. The van der Waals surface area contributed by atoms with E-state index in [-0.39, 0.29) is 6.61 Å². The highest BCUT2D eigenvalue weighted by molar-refractivity contribution is 6.09. The number of aliphatic hydroxyl groups excluding tert-OH is 1. The SMILES string of the molecule is C=C(Nc1ccc(CO)cn1)C(C=C(C)C)=NC. The van der Waals surface area contributed by atoms with Gasteiger partial charge < -0.3 is 10.4 Å². The largest absolute Gasteiger partial charge is 0.392 e. The lowest BCUT2D eigenvalue weighted by Gasteiger charge is -2.09. The Balaban J connectivity index is 2.77. The number of aliphatic hydroxyl groups is 1. The maximum absolute atomic E-state index is 8.93. The van der Waals surface area contributed by atoms with Crippen LogP contribution < -0.4 is 5.32 Å². The van der Waals surface area contributed by atoms with Gasteiger partial charge in [0.2, 0.25) is 0 Å². The summed E-state index contributed by atoms with van der Waals surface area (Å²) in [6, 6.07) is 3.61. The summed E-state index contributed by atoms with van der Waals surface area (Å²) in [6.07, 6.45) is 3.58. The predicted molar refractivity (Wildman–Crippen MR) is 75.7 cm³/mol. The van der Waals surface area contributed by atoms with Crippen LogP contribution in [0.5, 0.6) is 0 Å². The first-order valence-corrected chi connectivity index (χ1v) is 5.70. The summed E-state index contributed by atoms with van der Waals surface area (Å²) in [5.74, 6) is 0.681. The zero-order valence-electron chi connectivity index (χ0n) is 11.1. The van der Waals surface area contributed by atoms with Gasteiger partial charge >= 0.3 is 0 Å². The summed E-state index contributed by atoms with van der Waals surface area (Å²) in [7, 11) is 1.73. The molecule has 0 bridgehead atoms. The molecule has 4 nitrogen and oxygen atoms in total. The number of hydrogen-bond donors (Lipinski definition) is 2. The average Bonchev–Trinajstić information content (AvgIpc) is 2.36. The monoisotopic (exact) mass is 245 g/mol. The van der Waals surface area contributed by atoms with Crippen molar-refractivity contribution in [1.29, 1.82) is 0 Å². The number of pyridine rings is 1. The highest BCUT2D eigenvalue weighted by Gasteiger charge is 2.02. The first-order chi connectivity index (χ1) is 8.56. The maximum atomic E-state index is 8.93. The molecule has 0 saturated carbocycles. The predicted octanol–water partition coefficient (Wildman–Crippen LogP) is 2.54. The van der Waals surface area contributed by atoms with Crippen LogP contribution in [0.3, 0.4) is 0 Å². The highest BCUT2D eigenvalue weighted by Crippen LogP contribution is 2.09. The van der Waals surface area contributed by atoms with Gasteiger partial charge in [-0.3, -0.25) is 4.99 Å². The fourth-order valence-corrected chi connectivity index (χ4v) is 1.37. The molecule has 0 amide bonds.